The van der Waals surface area contributed by atoms with Crippen LogP contribution in [-0.2, 0) is 11.8 Å². The maximum Gasteiger partial charge on any atom is 0.349 e. The molecule has 27 heavy (non-hydrogen) atoms. The van der Waals surface area contributed by atoms with Crippen molar-refractivity contribution in [3.63, 3.8) is 0 Å². The van der Waals surface area contributed by atoms with Gasteiger partial charge in [0, 0.05) is 12.6 Å². The molecule has 3 aromatic rings. The molecule has 0 bridgehead atoms. The summed E-state index contributed by atoms with van der Waals surface area (Å²) in [6.45, 7) is 1.07. The number of hydrogen-bond acceptors (Lipinski definition) is 7. The van der Waals surface area contributed by atoms with Gasteiger partial charge in [0.05, 0.1) is 18.8 Å². The quantitative estimate of drug-likeness (QED) is 0.491. The minimum Gasteiger partial charge on any atom is -0.494 e. The van der Waals surface area contributed by atoms with E-state index in [4.69, 9.17) is 9.47 Å². The van der Waals surface area contributed by atoms with Gasteiger partial charge in [-0.2, -0.15) is 0 Å². The topological polar surface area (TPSA) is 87.5 Å². The second-order valence-corrected chi connectivity index (χ2v) is 6.74. The summed E-state index contributed by atoms with van der Waals surface area (Å²) in [7, 11) is 2.88. The molecular weight excluding hydrogens is 375 g/mol. The third-order valence-electron chi connectivity index (χ3n) is 4.00. The molecule has 2 heterocycles. The zero-order chi connectivity index (χ0) is 19.7. The van der Waals surface area contributed by atoms with E-state index in [1.165, 1.54) is 30.1 Å². The van der Waals surface area contributed by atoms with Crippen LogP contribution in [0.4, 0.5) is 4.39 Å². The van der Waals surface area contributed by atoms with Crippen LogP contribution in [0.5, 0.6) is 5.75 Å². The average molecular weight is 390 g/mol. The summed E-state index contributed by atoms with van der Waals surface area (Å²) >= 11 is 1.02. The lowest BCUT2D eigenvalue weighted by molar-refractivity contribution is 0.0479. The van der Waals surface area contributed by atoms with E-state index in [0.29, 0.717) is 15.8 Å². The molecule has 2 aromatic heterocycles. The zero-order valence-electron chi connectivity index (χ0n) is 14.7. The monoisotopic (exact) mass is 390 g/mol. The highest BCUT2D eigenvalue weighted by molar-refractivity contribution is 7.20. The van der Waals surface area contributed by atoms with Crippen LogP contribution in [0.2, 0.25) is 0 Å². The van der Waals surface area contributed by atoms with Crippen molar-refractivity contribution in [2.24, 2.45) is 7.05 Å². The van der Waals surface area contributed by atoms with Gasteiger partial charge in [-0.3, -0.25) is 9.59 Å². The molecule has 0 saturated carbocycles. The molecule has 0 aliphatic carbocycles. The number of halogens is 1. The number of methoxy groups -OCH3 is 1. The maximum atomic E-state index is 13.7. The molecule has 7 nitrogen and oxygen atoms in total. The molecule has 0 amide bonds. The number of Topliss-reactive ketones (excluding diaryl/α,β-unsaturated/α-hetero) is 1. The number of aromatic nitrogens is 2. The molecule has 0 radical (unpaired) electrons. The lowest BCUT2D eigenvalue weighted by Crippen LogP contribution is -2.17. The van der Waals surface area contributed by atoms with Crippen LogP contribution in [0.1, 0.15) is 25.6 Å². The van der Waals surface area contributed by atoms with Crippen LogP contribution in [0.3, 0.4) is 0 Å². The van der Waals surface area contributed by atoms with Crippen molar-refractivity contribution >= 4 is 33.3 Å². The molecule has 0 spiro atoms. The Morgan fingerprint density at radius 1 is 1.33 bits per heavy atom. The summed E-state index contributed by atoms with van der Waals surface area (Å²) in [6.07, 6.45) is 1.37. The summed E-state index contributed by atoms with van der Waals surface area (Å²) in [5.41, 5.74) is 0.249. The van der Waals surface area contributed by atoms with E-state index >= 15 is 0 Å². The Morgan fingerprint density at radius 2 is 2.07 bits per heavy atom. The van der Waals surface area contributed by atoms with Crippen molar-refractivity contribution < 1.29 is 23.5 Å². The minimum atomic E-state index is -0.736. The predicted octanol–water partition coefficient (Wildman–Crippen LogP) is 2.49. The van der Waals surface area contributed by atoms with E-state index < -0.39 is 24.2 Å². The van der Waals surface area contributed by atoms with Crippen molar-refractivity contribution in [1.29, 1.82) is 0 Å². The molecule has 0 unspecified atom stereocenters. The highest BCUT2D eigenvalue weighted by Crippen LogP contribution is 2.27. The number of ether oxygens (including phenoxy) is 2. The SMILES string of the molecule is COc1ccc(C(=O)COC(=O)c2sc3ncn(C)c(=O)c3c2C)cc1F. The molecular formula is C18H15FN2O5S. The summed E-state index contributed by atoms with van der Waals surface area (Å²) in [4.78, 5) is 41.4. The summed E-state index contributed by atoms with van der Waals surface area (Å²) in [6, 6.07) is 3.73. The van der Waals surface area contributed by atoms with Gasteiger partial charge >= 0.3 is 5.97 Å². The Kier molecular flexibility index (Phi) is 5.04. The average Bonchev–Trinajstić information content (AvgIpc) is 2.99. The first-order valence-electron chi connectivity index (χ1n) is 7.82. The molecule has 0 N–H and O–H groups in total. The Balaban J connectivity index is 1.78. The minimum absolute atomic E-state index is 0.0125. The first-order valence-corrected chi connectivity index (χ1v) is 8.63. The number of thiophene rings is 1. The number of aryl methyl sites for hydroxylation is 2. The summed E-state index contributed by atoms with van der Waals surface area (Å²) in [5, 5.41) is 0.348. The van der Waals surface area contributed by atoms with Crippen molar-refractivity contribution in [3.8, 4) is 5.75 Å². The van der Waals surface area contributed by atoms with Gasteiger partial charge in [-0.15, -0.1) is 11.3 Å². The first-order chi connectivity index (χ1) is 12.8. The zero-order valence-corrected chi connectivity index (χ0v) is 15.6. The van der Waals surface area contributed by atoms with E-state index in [-0.39, 0.29) is 21.7 Å². The van der Waals surface area contributed by atoms with Gasteiger partial charge in [0.25, 0.3) is 5.56 Å². The van der Waals surface area contributed by atoms with Crippen molar-refractivity contribution in [2.45, 2.75) is 6.92 Å². The first kappa shape index (κ1) is 18.7. The predicted molar refractivity (Wildman–Crippen MR) is 97.2 cm³/mol. The van der Waals surface area contributed by atoms with Gasteiger partial charge in [-0.1, -0.05) is 0 Å². The molecule has 0 fully saturated rings. The van der Waals surface area contributed by atoms with Gasteiger partial charge in [0.15, 0.2) is 24.0 Å². The van der Waals surface area contributed by atoms with Crippen molar-refractivity contribution in [2.75, 3.05) is 13.7 Å². The molecule has 0 atom stereocenters. The molecule has 9 heteroatoms. The number of rotatable bonds is 5. The van der Waals surface area contributed by atoms with Gasteiger partial charge in [-0.05, 0) is 30.7 Å². The Morgan fingerprint density at radius 3 is 2.74 bits per heavy atom. The smallest absolute Gasteiger partial charge is 0.349 e. The van der Waals surface area contributed by atoms with Crippen LogP contribution in [0.25, 0.3) is 10.2 Å². The lowest BCUT2D eigenvalue weighted by Gasteiger charge is -2.06. The van der Waals surface area contributed by atoms with E-state index in [0.717, 1.165) is 17.4 Å². The van der Waals surface area contributed by atoms with Crippen molar-refractivity contribution in [1.82, 2.24) is 9.55 Å². The van der Waals surface area contributed by atoms with E-state index in [1.807, 2.05) is 0 Å². The number of ketones is 1. The standard InChI is InChI=1S/C18H15FN2O5S/c1-9-14-16(20-8-21(2)17(14)23)27-15(9)18(24)26-7-12(22)10-4-5-13(25-3)11(19)6-10/h4-6,8H,7H2,1-3H3. The Labute approximate surface area is 157 Å². The van der Waals surface area contributed by atoms with Crippen molar-refractivity contribution in [3.05, 3.63) is 56.7 Å². The Hall–Kier alpha value is -3.07. The highest BCUT2D eigenvalue weighted by atomic mass is 32.1. The third kappa shape index (κ3) is 3.45. The number of esters is 1. The maximum absolute atomic E-state index is 13.7. The second-order valence-electron chi connectivity index (χ2n) is 5.75. The lowest BCUT2D eigenvalue weighted by atomic mass is 10.1. The third-order valence-corrected chi connectivity index (χ3v) is 5.18. The van der Waals surface area contributed by atoms with Crippen LogP contribution < -0.4 is 10.3 Å². The van der Waals surface area contributed by atoms with Gasteiger partial charge < -0.3 is 14.0 Å². The van der Waals surface area contributed by atoms with Gasteiger partial charge in [0.1, 0.15) is 9.71 Å². The molecule has 0 saturated heterocycles. The van der Waals surface area contributed by atoms with E-state index in [9.17, 15) is 18.8 Å². The Bertz CT molecular complexity index is 1120. The molecule has 0 aliphatic rings. The number of fused-ring (bicyclic) bond motifs is 1. The highest BCUT2D eigenvalue weighted by Gasteiger charge is 2.21. The van der Waals surface area contributed by atoms with Gasteiger partial charge in [-0.25, -0.2) is 14.2 Å². The molecule has 3 rings (SSSR count). The largest absolute Gasteiger partial charge is 0.494 e. The fourth-order valence-corrected chi connectivity index (χ4v) is 3.56. The number of carbonyl (C=O) groups is 2. The normalized spacial score (nSPS) is 10.8. The van der Waals surface area contributed by atoms with E-state index in [1.54, 1.807) is 14.0 Å². The number of hydrogen-bond donors (Lipinski definition) is 0. The van der Waals surface area contributed by atoms with Crippen LogP contribution in [0.15, 0.2) is 29.3 Å². The van der Waals surface area contributed by atoms with Crippen LogP contribution in [-0.4, -0.2) is 35.0 Å². The van der Waals surface area contributed by atoms with Gasteiger partial charge in [0.2, 0.25) is 0 Å². The van der Waals surface area contributed by atoms with Crippen LogP contribution in [0, 0.1) is 12.7 Å². The molecule has 1 aromatic carbocycles. The number of carbonyl (C=O) groups excluding carboxylic acids is 2. The number of nitrogens with zero attached hydrogens (tertiary/aromatic N) is 2. The molecule has 140 valence electrons. The van der Waals surface area contributed by atoms with E-state index in [2.05, 4.69) is 4.98 Å². The fraction of sp³-hybridized carbons (Fsp3) is 0.222. The number of benzene rings is 1. The summed E-state index contributed by atoms with van der Waals surface area (Å²) < 4.78 is 24.9. The molecule has 0 aliphatic heterocycles. The van der Waals surface area contributed by atoms with Crippen LogP contribution >= 0.6 is 11.3 Å². The fourth-order valence-electron chi connectivity index (χ4n) is 2.52. The second kappa shape index (κ2) is 7.28. The summed E-state index contributed by atoms with van der Waals surface area (Å²) in [5.74, 6) is -1.96.